The molecule has 0 unspecified atom stereocenters. The van der Waals surface area contributed by atoms with Crippen LogP contribution in [0.1, 0.15) is 85.0 Å². The minimum atomic E-state index is 0. The average molecular weight is 254 g/mol. The summed E-state index contributed by atoms with van der Waals surface area (Å²) < 4.78 is 0. The quantitative estimate of drug-likeness (QED) is 0.519. The Kier molecular flexibility index (Phi) is 12.5. The molecule has 0 radical (unpaired) electrons. The monoisotopic (exact) mass is 254 g/mol. The normalized spacial score (nSPS) is 13.9. The SMILES string of the molecule is C.CCCCCCCCCCCCC1=NCCN1. The van der Waals surface area contributed by atoms with Crippen LogP contribution in [0.5, 0.6) is 0 Å². The Labute approximate surface area is 115 Å². The Morgan fingerprint density at radius 2 is 1.44 bits per heavy atom. The van der Waals surface area contributed by atoms with Crippen LogP contribution in [0.4, 0.5) is 0 Å². The van der Waals surface area contributed by atoms with E-state index in [4.69, 9.17) is 0 Å². The highest BCUT2D eigenvalue weighted by molar-refractivity contribution is 5.83. The first-order chi connectivity index (χ1) is 8.43. The van der Waals surface area contributed by atoms with Gasteiger partial charge in [0.15, 0.2) is 0 Å². The zero-order valence-corrected chi connectivity index (χ0v) is 11.6. The number of rotatable bonds is 11. The molecule has 0 bridgehead atoms. The van der Waals surface area contributed by atoms with Crippen molar-refractivity contribution in [3.63, 3.8) is 0 Å². The molecule has 1 rings (SSSR count). The van der Waals surface area contributed by atoms with Crippen LogP contribution >= 0.6 is 0 Å². The molecule has 2 heteroatoms. The summed E-state index contributed by atoms with van der Waals surface area (Å²) in [7, 11) is 0. The summed E-state index contributed by atoms with van der Waals surface area (Å²) in [5, 5.41) is 3.34. The van der Waals surface area contributed by atoms with Crippen molar-refractivity contribution in [2.75, 3.05) is 13.1 Å². The number of nitrogens with zero attached hydrogens (tertiary/aromatic N) is 1. The molecule has 2 nitrogen and oxygen atoms in total. The number of amidine groups is 1. The largest absolute Gasteiger partial charge is 0.372 e. The first-order valence-electron chi connectivity index (χ1n) is 7.70. The van der Waals surface area contributed by atoms with Crippen LogP contribution in [0, 0.1) is 0 Å². The topological polar surface area (TPSA) is 24.4 Å². The molecule has 1 heterocycles. The smallest absolute Gasteiger partial charge is 0.0964 e. The maximum Gasteiger partial charge on any atom is 0.0964 e. The van der Waals surface area contributed by atoms with Gasteiger partial charge in [0.25, 0.3) is 0 Å². The van der Waals surface area contributed by atoms with E-state index in [1.807, 2.05) is 0 Å². The molecular weight excluding hydrogens is 220 g/mol. The highest BCUT2D eigenvalue weighted by Crippen LogP contribution is 2.11. The standard InChI is InChI=1S/C15H30N2.CH4/c1-2-3-4-5-6-7-8-9-10-11-12-15-16-13-14-17-15;/h2-14H2,1H3,(H,16,17);1H4. The fraction of sp³-hybridized carbons (Fsp3) is 0.938. The first kappa shape index (κ1) is 17.5. The summed E-state index contributed by atoms with van der Waals surface area (Å²) in [6.07, 6.45) is 15.3. The molecule has 0 fully saturated rings. The van der Waals surface area contributed by atoms with Gasteiger partial charge in [0, 0.05) is 13.0 Å². The zero-order chi connectivity index (χ0) is 12.2. The first-order valence-corrected chi connectivity index (χ1v) is 7.70. The molecule has 0 aliphatic carbocycles. The molecule has 1 aliphatic heterocycles. The molecule has 1 aliphatic rings. The lowest BCUT2D eigenvalue weighted by atomic mass is 10.1. The lowest BCUT2D eigenvalue weighted by Crippen LogP contribution is -2.17. The van der Waals surface area contributed by atoms with Crippen LogP contribution in [0.3, 0.4) is 0 Å². The van der Waals surface area contributed by atoms with Gasteiger partial charge in [0.05, 0.1) is 12.4 Å². The van der Waals surface area contributed by atoms with E-state index in [2.05, 4.69) is 17.2 Å². The Hall–Kier alpha value is -0.530. The van der Waals surface area contributed by atoms with Crippen LogP contribution in [0.25, 0.3) is 0 Å². The molecule has 0 atom stereocenters. The second-order valence-electron chi connectivity index (χ2n) is 5.19. The lowest BCUT2D eigenvalue weighted by molar-refractivity contribution is 0.558. The third kappa shape index (κ3) is 9.49. The van der Waals surface area contributed by atoms with Gasteiger partial charge in [-0.15, -0.1) is 0 Å². The minimum absolute atomic E-state index is 0. The number of aliphatic imine (C=N–C) groups is 1. The van der Waals surface area contributed by atoms with E-state index < -0.39 is 0 Å². The van der Waals surface area contributed by atoms with Crippen molar-refractivity contribution >= 4 is 5.84 Å². The van der Waals surface area contributed by atoms with E-state index >= 15 is 0 Å². The van der Waals surface area contributed by atoms with Crippen LogP contribution in [0.15, 0.2) is 4.99 Å². The van der Waals surface area contributed by atoms with Crippen molar-refractivity contribution in [3.8, 4) is 0 Å². The number of unbranched alkanes of at least 4 members (excludes halogenated alkanes) is 9. The van der Waals surface area contributed by atoms with E-state index in [-0.39, 0.29) is 7.43 Å². The predicted octanol–water partition coefficient (Wildman–Crippen LogP) is 4.94. The summed E-state index contributed by atoms with van der Waals surface area (Å²) in [6.45, 7) is 4.34. The van der Waals surface area contributed by atoms with Crippen LogP contribution in [-0.2, 0) is 0 Å². The summed E-state index contributed by atoms with van der Waals surface area (Å²) in [5.41, 5.74) is 0. The Bertz CT molecular complexity index is 199. The summed E-state index contributed by atoms with van der Waals surface area (Å²) in [5.74, 6) is 1.25. The maximum atomic E-state index is 4.42. The number of hydrogen-bond donors (Lipinski definition) is 1. The van der Waals surface area contributed by atoms with Crippen molar-refractivity contribution in [2.24, 2.45) is 4.99 Å². The Morgan fingerprint density at radius 3 is 1.94 bits per heavy atom. The van der Waals surface area contributed by atoms with Crippen molar-refractivity contribution in [2.45, 2.75) is 85.0 Å². The van der Waals surface area contributed by atoms with Gasteiger partial charge in [-0.25, -0.2) is 0 Å². The Balaban J connectivity index is 0.00000289. The van der Waals surface area contributed by atoms with Gasteiger partial charge in [-0.1, -0.05) is 72.1 Å². The zero-order valence-electron chi connectivity index (χ0n) is 11.6. The predicted molar refractivity (Wildman–Crippen MR) is 83.5 cm³/mol. The molecule has 0 aromatic heterocycles. The second-order valence-corrected chi connectivity index (χ2v) is 5.19. The average Bonchev–Trinajstić information content (AvgIpc) is 2.85. The molecule has 0 saturated heterocycles. The molecule has 1 N–H and O–H groups in total. The van der Waals surface area contributed by atoms with Crippen molar-refractivity contribution < 1.29 is 0 Å². The van der Waals surface area contributed by atoms with Gasteiger partial charge < -0.3 is 5.32 Å². The van der Waals surface area contributed by atoms with E-state index in [0.717, 1.165) is 13.1 Å². The third-order valence-corrected chi connectivity index (χ3v) is 3.51. The molecule has 0 aromatic carbocycles. The van der Waals surface area contributed by atoms with Gasteiger partial charge in [0.2, 0.25) is 0 Å². The van der Waals surface area contributed by atoms with Gasteiger partial charge >= 0.3 is 0 Å². The van der Waals surface area contributed by atoms with Gasteiger partial charge in [-0.05, 0) is 6.42 Å². The van der Waals surface area contributed by atoms with Crippen LogP contribution < -0.4 is 5.32 Å². The molecule has 108 valence electrons. The van der Waals surface area contributed by atoms with E-state index in [9.17, 15) is 0 Å². The van der Waals surface area contributed by atoms with E-state index in [0.29, 0.717) is 0 Å². The second kappa shape index (κ2) is 12.9. The summed E-state index contributed by atoms with van der Waals surface area (Å²) >= 11 is 0. The van der Waals surface area contributed by atoms with Gasteiger partial charge in [-0.2, -0.15) is 0 Å². The summed E-state index contributed by atoms with van der Waals surface area (Å²) in [6, 6.07) is 0. The maximum absolute atomic E-state index is 4.42. The van der Waals surface area contributed by atoms with E-state index in [1.54, 1.807) is 0 Å². The van der Waals surface area contributed by atoms with Gasteiger partial charge in [-0.3, -0.25) is 4.99 Å². The van der Waals surface area contributed by atoms with Gasteiger partial charge in [0.1, 0.15) is 0 Å². The van der Waals surface area contributed by atoms with Crippen molar-refractivity contribution in [1.29, 1.82) is 0 Å². The molecular formula is C16H34N2. The van der Waals surface area contributed by atoms with Crippen molar-refractivity contribution in [1.82, 2.24) is 5.32 Å². The fourth-order valence-electron chi connectivity index (χ4n) is 2.39. The van der Waals surface area contributed by atoms with Crippen LogP contribution in [-0.4, -0.2) is 18.9 Å². The fourth-order valence-corrected chi connectivity index (χ4v) is 2.39. The molecule has 0 amide bonds. The minimum Gasteiger partial charge on any atom is -0.372 e. The van der Waals surface area contributed by atoms with Crippen LogP contribution in [0.2, 0.25) is 0 Å². The molecule has 0 aromatic rings. The molecule has 0 saturated carbocycles. The highest BCUT2D eigenvalue weighted by atomic mass is 15.1. The third-order valence-electron chi connectivity index (χ3n) is 3.51. The Morgan fingerprint density at radius 1 is 0.889 bits per heavy atom. The lowest BCUT2D eigenvalue weighted by Gasteiger charge is -2.03. The summed E-state index contributed by atoms with van der Waals surface area (Å²) in [4.78, 5) is 4.42. The van der Waals surface area contributed by atoms with E-state index in [1.165, 1.54) is 76.5 Å². The number of nitrogens with one attached hydrogen (secondary N) is 1. The van der Waals surface area contributed by atoms with Crippen molar-refractivity contribution in [3.05, 3.63) is 0 Å². The highest BCUT2D eigenvalue weighted by Gasteiger charge is 2.03. The molecule has 0 spiro atoms. The molecule has 18 heavy (non-hydrogen) atoms. The number of hydrogen-bond acceptors (Lipinski definition) is 2.